The number of aromatic nitrogens is 1. The van der Waals surface area contributed by atoms with Crippen LogP contribution in [0.1, 0.15) is 48.9 Å². The van der Waals surface area contributed by atoms with Crippen molar-refractivity contribution in [3.05, 3.63) is 23.9 Å². The van der Waals surface area contributed by atoms with E-state index in [4.69, 9.17) is 5.73 Å². The van der Waals surface area contributed by atoms with Gasteiger partial charge in [0.15, 0.2) is 0 Å². The molecule has 0 aromatic carbocycles. The number of carbonyl (C=O) groups is 1. The van der Waals surface area contributed by atoms with Gasteiger partial charge in [0, 0.05) is 38.4 Å². The van der Waals surface area contributed by atoms with Gasteiger partial charge in [-0.2, -0.15) is 0 Å². The average Bonchev–Trinajstić information content (AvgIpc) is 3.06. The van der Waals surface area contributed by atoms with E-state index in [9.17, 15) is 4.79 Å². The van der Waals surface area contributed by atoms with Crippen molar-refractivity contribution in [1.82, 2.24) is 9.88 Å². The van der Waals surface area contributed by atoms with Gasteiger partial charge in [0.05, 0.1) is 5.56 Å². The molecule has 3 aliphatic rings. The number of amides is 1. The molecule has 1 aromatic rings. The molecule has 0 radical (unpaired) electrons. The van der Waals surface area contributed by atoms with E-state index in [1.807, 2.05) is 17.0 Å². The lowest BCUT2D eigenvalue weighted by molar-refractivity contribution is 0.0779. The molecular formula is C19H28N4O. The summed E-state index contributed by atoms with van der Waals surface area (Å²) < 4.78 is 0. The molecule has 1 saturated carbocycles. The van der Waals surface area contributed by atoms with E-state index >= 15 is 0 Å². The van der Waals surface area contributed by atoms with Crippen molar-refractivity contribution in [2.24, 2.45) is 17.6 Å². The predicted molar refractivity (Wildman–Crippen MR) is 95.0 cm³/mol. The Morgan fingerprint density at radius 3 is 2.54 bits per heavy atom. The highest BCUT2D eigenvalue weighted by atomic mass is 16.2. The lowest BCUT2D eigenvalue weighted by Gasteiger charge is -2.22. The van der Waals surface area contributed by atoms with Gasteiger partial charge in [0.25, 0.3) is 5.91 Å². The van der Waals surface area contributed by atoms with E-state index in [-0.39, 0.29) is 11.9 Å². The Kier molecular flexibility index (Phi) is 4.44. The summed E-state index contributed by atoms with van der Waals surface area (Å²) in [5, 5.41) is 0. The van der Waals surface area contributed by atoms with Crippen LogP contribution in [0, 0.1) is 11.8 Å². The van der Waals surface area contributed by atoms with Crippen LogP contribution in [0.15, 0.2) is 18.3 Å². The zero-order valence-corrected chi connectivity index (χ0v) is 14.4. The molecule has 2 aliphatic heterocycles. The van der Waals surface area contributed by atoms with Gasteiger partial charge in [-0.1, -0.05) is 12.8 Å². The van der Waals surface area contributed by atoms with E-state index in [0.717, 1.165) is 38.4 Å². The first-order valence-corrected chi connectivity index (χ1v) is 9.48. The summed E-state index contributed by atoms with van der Waals surface area (Å²) in [5.74, 6) is 2.23. The second kappa shape index (κ2) is 6.71. The van der Waals surface area contributed by atoms with E-state index in [0.29, 0.717) is 17.4 Å². The van der Waals surface area contributed by atoms with Gasteiger partial charge in [-0.15, -0.1) is 0 Å². The number of hydrogen-bond donors (Lipinski definition) is 1. The molecule has 3 unspecified atom stereocenters. The number of hydrogen-bond acceptors (Lipinski definition) is 4. The molecule has 0 spiro atoms. The first-order valence-electron chi connectivity index (χ1n) is 9.48. The molecule has 1 aromatic heterocycles. The molecule has 2 saturated heterocycles. The summed E-state index contributed by atoms with van der Waals surface area (Å²) in [6.07, 6.45) is 9.14. The molecule has 1 amide bonds. The second-order valence-electron chi connectivity index (χ2n) is 7.68. The SMILES string of the molecule is NC1CCC2CN(C(=O)c3ccc(N4CCCCCC4)nc3)CC12. The monoisotopic (exact) mass is 328 g/mol. The first kappa shape index (κ1) is 15.9. The summed E-state index contributed by atoms with van der Waals surface area (Å²) in [6, 6.07) is 4.24. The molecule has 24 heavy (non-hydrogen) atoms. The summed E-state index contributed by atoms with van der Waals surface area (Å²) >= 11 is 0. The molecule has 3 atom stereocenters. The number of fused-ring (bicyclic) bond motifs is 1. The highest BCUT2D eigenvalue weighted by Gasteiger charge is 2.42. The lowest BCUT2D eigenvalue weighted by atomic mass is 9.98. The highest BCUT2D eigenvalue weighted by Crippen LogP contribution is 2.37. The maximum atomic E-state index is 12.8. The van der Waals surface area contributed by atoms with Crippen LogP contribution < -0.4 is 10.6 Å². The molecule has 3 fully saturated rings. The molecule has 5 heteroatoms. The molecule has 130 valence electrons. The van der Waals surface area contributed by atoms with E-state index in [1.165, 1.54) is 32.1 Å². The zero-order valence-electron chi connectivity index (χ0n) is 14.4. The third-order valence-corrected chi connectivity index (χ3v) is 6.12. The topological polar surface area (TPSA) is 62.5 Å². The van der Waals surface area contributed by atoms with Gasteiger partial charge in [-0.3, -0.25) is 4.79 Å². The van der Waals surface area contributed by atoms with Crippen molar-refractivity contribution in [2.75, 3.05) is 31.1 Å². The highest BCUT2D eigenvalue weighted by molar-refractivity contribution is 5.94. The standard InChI is InChI=1S/C19H28N4O/c20-17-7-5-15-12-23(13-16(15)17)19(24)14-6-8-18(21-11-14)22-9-3-1-2-4-10-22/h6,8,11,15-17H,1-5,7,9-10,12-13,20H2. The Labute approximate surface area is 144 Å². The maximum Gasteiger partial charge on any atom is 0.255 e. The number of rotatable bonds is 2. The number of carbonyl (C=O) groups excluding carboxylic acids is 1. The normalized spacial score (nSPS) is 30.3. The fourth-order valence-corrected chi connectivity index (χ4v) is 4.66. The predicted octanol–water partition coefficient (Wildman–Crippen LogP) is 2.27. The van der Waals surface area contributed by atoms with Crippen molar-refractivity contribution in [1.29, 1.82) is 0 Å². The smallest absolute Gasteiger partial charge is 0.255 e. The molecule has 0 bridgehead atoms. The van der Waals surface area contributed by atoms with Gasteiger partial charge >= 0.3 is 0 Å². The zero-order chi connectivity index (χ0) is 16.5. The number of nitrogens with two attached hydrogens (primary N) is 1. The second-order valence-corrected chi connectivity index (χ2v) is 7.68. The Morgan fingerprint density at radius 1 is 1.08 bits per heavy atom. The lowest BCUT2D eigenvalue weighted by Crippen LogP contribution is -2.33. The largest absolute Gasteiger partial charge is 0.357 e. The third kappa shape index (κ3) is 3.02. The minimum atomic E-state index is 0.117. The number of anilines is 1. The fraction of sp³-hybridized carbons (Fsp3) is 0.684. The fourth-order valence-electron chi connectivity index (χ4n) is 4.66. The maximum absolute atomic E-state index is 12.8. The van der Waals surface area contributed by atoms with Crippen LogP contribution in [0.3, 0.4) is 0 Å². The molecule has 1 aliphatic carbocycles. The Hall–Kier alpha value is -1.62. The van der Waals surface area contributed by atoms with Crippen molar-refractivity contribution < 1.29 is 4.79 Å². The first-order chi connectivity index (χ1) is 11.7. The van der Waals surface area contributed by atoms with Crippen LogP contribution in [0.2, 0.25) is 0 Å². The van der Waals surface area contributed by atoms with Crippen LogP contribution in [0.5, 0.6) is 0 Å². The molecule has 2 N–H and O–H groups in total. The van der Waals surface area contributed by atoms with Gasteiger partial charge in [-0.25, -0.2) is 4.98 Å². The molecule has 5 nitrogen and oxygen atoms in total. The molecule has 3 heterocycles. The Bertz CT molecular complexity index is 580. The Balaban J connectivity index is 1.42. The van der Waals surface area contributed by atoms with Crippen molar-refractivity contribution >= 4 is 11.7 Å². The number of likely N-dealkylation sites (tertiary alicyclic amines) is 1. The molecular weight excluding hydrogens is 300 g/mol. The van der Waals surface area contributed by atoms with Gasteiger partial charge in [-0.05, 0) is 49.7 Å². The van der Waals surface area contributed by atoms with Crippen LogP contribution in [0.25, 0.3) is 0 Å². The van der Waals surface area contributed by atoms with Crippen molar-refractivity contribution in [3.8, 4) is 0 Å². The summed E-state index contributed by atoms with van der Waals surface area (Å²) in [5.41, 5.74) is 6.89. The van der Waals surface area contributed by atoms with Crippen LogP contribution in [-0.4, -0.2) is 48.0 Å². The van der Waals surface area contributed by atoms with Gasteiger partial charge < -0.3 is 15.5 Å². The minimum absolute atomic E-state index is 0.117. The van der Waals surface area contributed by atoms with Gasteiger partial charge in [0.2, 0.25) is 0 Å². The third-order valence-electron chi connectivity index (χ3n) is 6.12. The molecule has 4 rings (SSSR count). The van der Waals surface area contributed by atoms with Crippen molar-refractivity contribution in [3.63, 3.8) is 0 Å². The summed E-state index contributed by atoms with van der Waals surface area (Å²) in [6.45, 7) is 3.84. The average molecular weight is 328 g/mol. The quantitative estimate of drug-likeness (QED) is 0.905. The summed E-state index contributed by atoms with van der Waals surface area (Å²) in [4.78, 5) is 21.7. The van der Waals surface area contributed by atoms with E-state index in [2.05, 4.69) is 9.88 Å². The van der Waals surface area contributed by atoms with Gasteiger partial charge in [0.1, 0.15) is 5.82 Å². The number of nitrogens with zero attached hydrogens (tertiary/aromatic N) is 3. The van der Waals surface area contributed by atoms with Crippen LogP contribution >= 0.6 is 0 Å². The van der Waals surface area contributed by atoms with Crippen molar-refractivity contribution in [2.45, 2.75) is 44.6 Å². The number of pyridine rings is 1. The summed E-state index contributed by atoms with van der Waals surface area (Å²) in [7, 11) is 0. The minimum Gasteiger partial charge on any atom is -0.357 e. The van der Waals surface area contributed by atoms with E-state index in [1.54, 1.807) is 6.20 Å². The van der Waals surface area contributed by atoms with E-state index < -0.39 is 0 Å². The van der Waals surface area contributed by atoms with Crippen LogP contribution in [0.4, 0.5) is 5.82 Å². The Morgan fingerprint density at radius 2 is 1.88 bits per heavy atom. The van der Waals surface area contributed by atoms with Crippen LogP contribution in [-0.2, 0) is 0 Å².